The monoisotopic (exact) mass is 592 g/mol. The topological polar surface area (TPSA) is 92.2 Å². The lowest BCUT2D eigenvalue weighted by molar-refractivity contribution is 0.521. The lowest BCUT2D eigenvalue weighted by Gasteiger charge is -2.19. The van der Waals surface area contributed by atoms with Crippen LogP contribution in [-0.4, -0.2) is 59.8 Å². The molecule has 4 aromatic rings. The molecule has 9 heteroatoms. The zero-order chi connectivity index (χ0) is 30.1. The van der Waals surface area contributed by atoms with E-state index in [4.69, 9.17) is 0 Å². The van der Waals surface area contributed by atoms with Crippen molar-refractivity contribution in [3.05, 3.63) is 95.9 Å². The van der Waals surface area contributed by atoms with Gasteiger partial charge in [0.15, 0.2) is 5.82 Å². The number of rotatable bonds is 5. The molecule has 1 saturated heterocycles. The summed E-state index contributed by atoms with van der Waals surface area (Å²) in [4.78, 5) is 20.9. The van der Waals surface area contributed by atoms with Gasteiger partial charge >= 0.3 is 0 Å². The molecule has 8 nitrogen and oxygen atoms in total. The Morgan fingerprint density at radius 3 is 2.00 bits per heavy atom. The van der Waals surface area contributed by atoms with E-state index in [1.165, 1.54) is 53.6 Å². The molecule has 1 fully saturated rings. The van der Waals surface area contributed by atoms with Gasteiger partial charge in [-0.2, -0.15) is 0 Å². The molecule has 4 heterocycles. The largest absolute Gasteiger partial charge is 0.355 e. The van der Waals surface area contributed by atoms with Gasteiger partial charge in [-0.25, -0.2) is 17.7 Å². The first kappa shape index (κ1) is 28.9. The summed E-state index contributed by atoms with van der Waals surface area (Å²) in [5.41, 5.74) is 11.0. The van der Waals surface area contributed by atoms with Gasteiger partial charge in [0.2, 0.25) is 10.0 Å². The number of hydrogen-bond acceptors (Lipinski definition) is 7. The van der Waals surface area contributed by atoms with Gasteiger partial charge in [0.1, 0.15) is 5.69 Å². The lowest BCUT2D eigenvalue weighted by atomic mass is 10.0. The minimum Gasteiger partial charge on any atom is -0.355 e. The number of fused-ring (bicyclic) bond motifs is 2. The van der Waals surface area contributed by atoms with Crippen LogP contribution in [0.2, 0.25) is 0 Å². The van der Waals surface area contributed by atoms with Crippen LogP contribution in [0.15, 0.2) is 78.2 Å². The van der Waals surface area contributed by atoms with Crippen LogP contribution in [0.3, 0.4) is 0 Å². The molecule has 0 bridgehead atoms. The molecule has 3 aliphatic rings. The SMILES string of the molecule is CC1=CCc2ncc(-c3cccc(S(=O)(=O)N(C)C)c3)cc21.CC1=CCc2ncc(-c3nccnc3N3CCCC3)cc21. The first-order chi connectivity index (χ1) is 20.7. The van der Waals surface area contributed by atoms with Gasteiger partial charge < -0.3 is 4.90 Å². The molecule has 1 aromatic carbocycles. The highest BCUT2D eigenvalue weighted by Gasteiger charge is 2.21. The molecule has 0 atom stereocenters. The zero-order valence-electron chi connectivity index (χ0n) is 25.1. The van der Waals surface area contributed by atoms with Gasteiger partial charge in [0, 0.05) is 75.9 Å². The summed E-state index contributed by atoms with van der Waals surface area (Å²) in [5.74, 6) is 0.997. The number of pyridine rings is 2. The lowest BCUT2D eigenvalue weighted by Crippen LogP contribution is -2.22. The molecule has 7 rings (SSSR count). The van der Waals surface area contributed by atoms with Crippen molar-refractivity contribution in [1.82, 2.24) is 24.2 Å². The normalized spacial score (nSPS) is 15.5. The average molecular weight is 593 g/mol. The number of hydrogen-bond donors (Lipinski definition) is 0. The van der Waals surface area contributed by atoms with Crippen LogP contribution < -0.4 is 4.90 Å². The Morgan fingerprint density at radius 2 is 1.35 bits per heavy atom. The maximum absolute atomic E-state index is 12.3. The van der Waals surface area contributed by atoms with Crippen LogP contribution in [-0.2, 0) is 22.9 Å². The first-order valence-corrected chi connectivity index (χ1v) is 16.1. The Hall–Kier alpha value is -4.21. The molecule has 1 aliphatic heterocycles. The number of sulfonamides is 1. The van der Waals surface area contributed by atoms with Crippen LogP contribution >= 0.6 is 0 Å². The Balaban J connectivity index is 0.000000153. The second kappa shape index (κ2) is 11.8. The molecular formula is C34H36N6O2S. The highest BCUT2D eigenvalue weighted by molar-refractivity contribution is 7.89. The Morgan fingerprint density at radius 1 is 0.744 bits per heavy atom. The van der Waals surface area contributed by atoms with E-state index in [0.717, 1.165) is 65.4 Å². The summed E-state index contributed by atoms with van der Waals surface area (Å²) in [6.07, 6.45) is 16.0. The van der Waals surface area contributed by atoms with E-state index in [2.05, 4.69) is 63.0 Å². The fourth-order valence-electron chi connectivity index (χ4n) is 5.74. The quantitative estimate of drug-likeness (QED) is 0.278. The summed E-state index contributed by atoms with van der Waals surface area (Å²) in [6.45, 7) is 6.37. The van der Waals surface area contributed by atoms with E-state index in [0.29, 0.717) is 4.90 Å². The standard InChI is InChI=1S/C17H18N4.C17H18N2O2S/c1-12-4-5-15-14(12)10-13(11-20-15)16-17(19-7-6-18-16)21-8-2-3-9-21;1-12-7-8-17-16(12)10-14(11-18-17)13-5-4-6-15(9-13)22(20,21)19(2)3/h4,6-7,10-11H,2-3,5,8-9H2,1H3;4-7,9-11H,8H2,1-3H3. The van der Waals surface area contributed by atoms with E-state index in [1.54, 1.807) is 30.6 Å². The first-order valence-electron chi connectivity index (χ1n) is 14.6. The van der Waals surface area contributed by atoms with Crippen LogP contribution in [0.1, 0.15) is 49.2 Å². The third kappa shape index (κ3) is 5.75. The van der Waals surface area contributed by atoms with Crippen molar-refractivity contribution < 1.29 is 8.42 Å². The molecule has 0 radical (unpaired) electrons. The fraction of sp³-hybridized carbons (Fsp3) is 0.294. The highest BCUT2D eigenvalue weighted by Crippen LogP contribution is 2.33. The predicted molar refractivity (Wildman–Crippen MR) is 172 cm³/mol. The Labute approximate surface area is 253 Å². The minimum atomic E-state index is -3.43. The molecule has 0 N–H and O–H groups in total. The minimum absolute atomic E-state index is 0.294. The number of aromatic nitrogens is 4. The third-order valence-corrected chi connectivity index (χ3v) is 10.1. The summed E-state index contributed by atoms with van der Waals surface area (Å²) in [7, 11) is -0.358. The van der Waals surface area contributed by atoms with Gasteiger partial charge in [-0.05, 0) is 78.8 Å². The van der Waals surface area contributed by atoms with Gasteiger partial charge in [0.25, 0.3) is 0 Å². The van der Waals surface area contributed by atoms with Gasteiger partial charge in [-0.15, -0.1) is 0 Å². The van der Waals surface area contributed by atoms with E-state index >= 15 is 0 Å². The molecule has 220 valence electrons. The second-order valence-electron chi connectivity index (χ2n) is 11.4. The average Bonchev–Trinajstić information content (AvgIpc) is 3.78. The highest BCUT2D eigenvalue weighted by atomic mass is 32.2. The van der Waals surface area contributed by atoms with E-state index in [9.17, 15) is 8.42 Å². The number of nitrogens with zero attached hydrogens (tertiary/aromatic N) is 6. The molecule has 3 aromatic heterocycles. The fourth-order valence-corrected chi connectivity index (χ4v) is 6.69. The molecular weight excluding hydrogens is 556 g/mol. The molecule has 0 unspecified atom stereocenters. The molecule has 43 heavy (non-hydrogen) atoms. The maximum Gasteiger partial charge on any atom is 0.242 e. The summed E-state index contributed by atoms with van der Waals surface area (Å²) in [5, 5.41) is 0. The van der Waals surface area contributed by atoms with Gasteiger partial charge in [0.05, 0.1) is 16.3 Å². The third-order valence-electron chi connectivity index (χ3n) is 8.30. The smallest absolute Gasteiger partial charge is 0.242 e. The van der Waals surface area contributed by atoms with Crippen molar-refractivity contribution in [2.75, 3.05) is 32.1 Å². The van der Waals surface area contributed by atoms with Crippen LogP contribution in [0.25, 0.3) is 33.5 Å². The van der Waals surface area contributed by atoms with E-state index in [-0.39, 0.29) is 0 Å². The number of allylic oxidation sites excluding steroid dienone is 4. The summed E-state index contributed by atoms with van der Waals surface area (Å²) < 4.78 is 25.7. The van der Waals surface area contributed by atoms with E-state index in [1.807, 2.05) is 18.5 Å². The van der Waals surface area contributed by atoms with Gasteiger partial charge in [-0.1, -0.05) is 24.3 Å². The van der Waals surface area contributed by atoms with E-state index < -0.39 is 10.0 Å². The zero-order valence-corrected chi connectivity index (χ0v) is 25.9. The Kier molecular flexibility index (Phi) is 7.94. The number of anilines is 1. The second-order valence-corrected chi connectivity index (χ2v) is 13.5. The predicted octanol–water partition coefficient (Wildman–Crippen LogP) is 6.06. The van der Waals surface area contributed by atoms with Crippen molar-refractivity contribution in [2.45, 2.75) is 44.4 Å². The van der Waals surface area contributed by atoms with Gasteiger partial charge in [-0.3, -0.25) is 15.0 Å². The molecule has 0 amide bonds. The van der Waals surface area contributed by atoms with Crippen LogP contribution in [0.5, 0.6) is 0 Å². The molecule has 0 saturated carbocycles. The van der Waals surface area contributed by atoms with Crippen molar-refractivity contribution in [3.8, 4) is 22.4 Å². The van der Waals surface area contributed by atoms with Crippen LogP contribution in [0.4, 0.5) is 5.82 Å². The van der Waals surface area contributed by atoms with Crippen molar-refractivity contribution in [3.63, 3.8) is 0 Å². The van der Waals surface area contributed by atoms with Crippen LogP contribution in [0, 0.1) is 0 Å². The van der Waals surface area contributed by atoms with Crippen molar-refractivity contribution in [1.29, 1.82) is 0 Å². The maximum atomic E-state index is 12.3. The van der Waals surface area contributed by atoms with Crippen molar-refractivity contribution in [2.24, 2.45) is 0 Å². The number of benzene rings is 1. The molecule has 0 spiro atoms. The Bertz CT molecular complexity index is 1860. The van der Waals surface area contributed by atoms with Crippen molar-refractivity contribution >= 4 is 27.0 Å². The summed E-state index contributed by atoms with van der Waals surface area (Å²) in [6, 6.07) is 11.3. The summed E-state index contributed by atoms with van der Waals surface area (Å²) >= 11 is 0. The molecule has 2 aliphatic carbocycles.